The van der Waals surface area contributed by atoms with Crippen LogP contribution < -0.4 is 4.90 Å². The Morgan fingerprint density at radius 3 is 2.67 bits per heavy atom. The summed E-state index contributed by atoms with van der Waals surface area (Å²) in [6.07, 6.45) is -4.54. The number of hydrogen-bond acceptors (Lipinski definition) is 2. The summed E-state index contributed by atoms with van der Waals surface area (Å²) in [5, 5.41) is 0. The van der Waals surface area contributed by atoms with Crippen molar-refractivity contribution in [2.75, 3.05) is 11.4 Å². The fraction of sp³-hybridized carbons (Fsp3) is 0.273. The molecule has 0 aliphatic carbocycles. The summed E-state index contributed by atoms with van der Waals surface area (Å²) in [5.41, 5.74) is -1.26. The summed E-state index contributed by atoms with van der Waals surface area (Å²) in [7, 11) is 0. The molecule has 0 unspecified atom stereocenters. The van der Waals surface area contributed by atoms with Gasteiger partial charge in [-0.2, -0.15) is 13.2 Å². The van der Waals surface area contributed by atoms with Gasteiger partial charge in [-0.15, -0.1) is 0 Å². The van der Waals surface area contributed by atoms with Gasteiger partial charge in [0.1, 0.15) is 5.78 Å². The van der Waals surface area contributed by atoms with E-state index in [2.05, 4.69) is 15.9 Å². The number of anilines is 1. The van der Waals surface area contributed by atoms with Crippen molar-refractivity contribution in [3.05, 3.63) is 28.2 Å². The second-order valence-electron chi connectivity index (χ2n) is 3.35. The highest BCUT2D eigenvalue weighted by atomic mass is 79.9. The first-order valence-electron chi connectivity index (χ1n) is 6.08. The highest BCUT2D eigenvalue weighted by Crippen LogP contribution is 2.34. The van der Waals surface area contributed by atoms with E-state index in [9.17, 15) is 22.8 Å². The van der Waals surface area contributed by atoms with Gasteiger partial charge in [-0.3, -0.25) is 9.59 Å². The van der Waals surface area contributed by atoms with Crippen molar-refractivity contribution in [1.82, 2.24) is 0 Å². The monoisotopic (exact) mass is 326 g/mol. The van der Waals surface area contributed by atoms with Crippen LogP contribution in [0, 0.1) is 0 Å². The molecule has 0 aliphatic rings. The lowest BCUT2D eigenvalue weighted by atomic mass is 10.2. The molecule has 0 atom stereocenters. The first kappa shape index (κ1) is 10.5. The first-order valence-corrected chi connectivity index (χ1v) is 5.37. The van der Waals surface area contributed by atoms with Gasteiger partial charge in [-0.25, -0.2) is 0 Å². The van der Waals surface area contributed by atoms with Crippen LogP contribution in [0.4, 0.5) is 18.9 Å². The maximum atomic E-state index is 12.7. The molecular weight excluding hydrogens is 315 g/mol. The lowest BCUT2D eigenvalue weighted by Crippen LogP contribution is -2.27. The molecule has 1 amide bonds. The molecule has 0 bridgehead atoms. The van der Waals surface area contributed by atoms with Crippen molar-refractivity contribution in [2.24, 2.45) is 0 Å². The van der Waals surface area contributed by atoms with Gasteiger partial charge in [0.05, 0.1) is 12.1 Å². The molecule has 0 radical (unpaired) electrons. The Hall–Kier alpha value is -1.37. The smallest absolute Gasteiger partial charge is 0.308 e. The number of nitrogens with zero attached hydrogens (tertiary/aromatic N) is 1. The highest BCUT2D eigenvalue weighted by Gasteiger charge is 2.31. The minimum absolute atomic E-state index is 0.0421. The van der Waals surface area contributed by atoms with Crippen molar-refractivity contribution in [3.8, 4) is 0 Å². The number of carbonyl (C=O) groups is 2. The van der Waals surface area contributed by atoms with E-state index in [4.69, 9.17) is 4.11 Å². The average Bonchev–Trinajstić information content (AvgIpc) is 2.32. The van der Waals surface area contributed by atoms with E-state index in [0.717, 1.165) is 6.07 Å². The lowest BCUT2D eigenvalue weighted by Gasteiger charge is -2.18. The van der Waals surface area contributed by atoms with Crippen molar-refractivity contribution >= 4 is 33.8 Å². The zero-order chi connectivity index (χ0) is 16.4. The predicted molar refractivity (Wildman–Crippen MR) is 63.2 cm³/mol. The normalized spacial score (nSPS) is 14.3. The second kappa shape index (κ2) is 5.51. The first-order chi connectivity index (χ1) is 9.45. The molecule has 0 spiro atoms. The molecule has 1 aromatic carbocycles. The minimum Gasteiger partial charge on any atom is -0.308 e. The molecule has 0 saturated carbocycles. The number of halogens is 4. The van der Waals surface area contributed by atoms with Crippen molar-refractivity contribution in [2.45, 2.75) is 13.0 Å². The van der Waals surface area contributed by atoms with Crippen molar-refractivity contribution in [1.29, 1.82) is 0 Å². The van der Waals surface area contributed by atoms with Gasteiger partial charge >= 0.3 is 6.18 Å². The third-order valence-electron chi connectivity index (χ3n) is 1.98. The fourth-order valence-electron chi connectivity index (χ4n) is 1.25. The Morgan fingerprint density at radius 2 is 2.17 bits per heavy atom. The molecule has 98 valence electrons. The third-order valence-corrected chi connectivity index (χ3v) is 2.44. The summed E-state index contributed by atoms with van der Waals surface area (Å²) >= 11 is 2.87. The summed E-state index contributed by atoms with van der Waals surface area (Å²) < 4.78 is 58.8. The summed E-state index contributed by atoms with van der Waals surface area (Å²) in [5.74, 6) is -1.25. The van der Waals surface area contributed by atoms with E-state index < -0.39 is 30.9 Å². The van der Waals surface area contributed by atoms with E-state index in [1.54, 1.807) is 0 Å². The van der Waals surface area contributed by atoms with Gasteiger partial charge in [-0.1, -0.05) is 15.9 Å². The van der Waals surface area contributed by atoms with E-state index in [-0.39, 0.29) is 16.6 Å². The molecule has 0 aliphatic heterocycles. The van der Waals surface area contributed by atoms with Gasteiger partial charge < -0.3 is 4.90 Å². The van der Waals surface area contributed by atoms with E-state index in [1.165, 1.54) is 6.07 Å². The van der Waals surface area contributed by atoms with Gasteiger partial charge in [0, 0.05) is 14.3 Å². The SMILES string of the molecule is [2H]C([2H])([2H])C(=O)CN(C=O)c1cc(Br)cc(C(F)(F)F)c1. The Morgan fingerprint density at radius 1 is 1.50 bits per heavy atom. The van der Waals surface area contributed by atoms with Crippen LogP contribution in [-0.4, -0.2) is 18.7 Å². The molecule has 0 fully saturated rings. The van der Waals surface area contributed by atoms with Crippen LogP contribution in [0.2, 0.25) is 0 Å². The molecule has 0 aromatic heterocycles. The van der Waals surface area contributed by atoms with E-state index >= 15 is 0 Å². The number of rotatable bonds is 4. The van der Waals surface area contributed by atoms with Crippen molar-refractivity contribution in [3.63, 3.8) is 0 Å². The maximum Gasteiger partial charge on any atom is 0.416 e. The number of amides is 1. The van der Waals surface area contributed by atoms with Gasteiger partial charge in [0.2, 0.25) is 6.41 Å². The summed E-state index contributed by atoms with van der Waals surface area (Å²) in [6.45, 7) is -3.77. The Balaban J connectivity index is 3.15. The Kier molecular flexibility index (Phi) is 3.23. The zero-order valence-electron chi connectivity index (χ0n) is 11.8. The molecule has 0 saturated heterocycles. The lowest BCUT2D eigenvalue weighted by molar-refractivity contribution is -0.137. The minimum atomic E-state index is -4.64. The number of Topliss-reactive ketones (excluding diaryl/α,β-unsaturated/α-hetero) is 1. The topological polar surface area (TPSA) is 37.4 Å². The molecule has 18 heavy (non-hydrogen) atoms. The van der Waals surface area contributed by atoms with Crippen LogP contribution in [0.25, 0.3) is 0 Å². The molecule has 7 heteroatoms. The standard InChI is InChI=1S/C11H9BrF3NO2/c1-7(18)5-16(6-17)10-3-8(11(13,14)15)2-9(12)4-10/h2-4,6H,5H2,1H3/i1D3. The number of alkyl halides is 3. The van der Waals surface area contributed by atoms with E-state index in [0.29, 0.717) is 11.0 Å². The third kappa shape index (κ3) is 3.83. The molecular formula is C11H9BrF3NO2. The quantitative estimate of drug-likeness (QED) is 0.797. The number of benzene rings is 1. The van der Waals surface area contributed by atoms with Gasteiger partial charge in [0.25, 0.3) is 0 Å². The summed E-state index contributed by atoms with van der Waals surface area (Å²) in [6, 6.07) is 2.64. The van der Waals surface area contributed by atoms with Crippen LogP contribution in [-0.2, 0) is 15.8 Å². The van der Waals surface area contributed by atoms with Crippen LogP contribution in [0.5, 0.6) is 0 Å². The zero-order valence-corrected chi connectivity index (χ0v) is 10.4. The number of carbonyl (C=O) groups excluding carboxylic acids is 2. The largest absolute Gasteiger partial charge is 0.416 e. The van der Waals surface area contributed by atoms with Gasteiger partial charge in [-0.05, 0) is 25.1 Å². The molecule has 0 heterocycles. The average molecular weight is 327 g/mol. The molecule has 1 aromatic rings. The fourth-order valence-corrected chi connectivity index (χ4v) is 1.73. The van der Waals surface area contributed by atoms with Crippen LogP contribution in [0.3, 0.4) is 0 Å². The molecule has 0 N–H and O–H groups in total. The number of hydrogen-bond donors (Lipinski definition) is 0. The van der Waals surface area contributed by atoms with Crippen LogP contribution in [0.15, 0.2) is 22.7 Å². The second-order valence-corrected chi connectivity index (χ2v) is 4.27. The van der Waals surface area contributed by atoms with Crippen LogP contribution in [0.1, 0.15) is 16.5 Å². The predicted octanol–water partition coefficient (Wildman–Crippen LogP) is 3.02. The summed E-state index contributed by atoms with van der Waals surface area (Å²) in [4.78, 5) is 22.9. The maximum absolute atomic E-state index is 12.7. The highest BCUT2D eigenvalue weighted by molar-refractivity contribution is 9.10. The van der Waals surface area contributed by atoms with Crippen LogP contribution >= 0.6 is 15.9 Å². The Bertz CT molecular complexity index is 561. The molecule has 3 nitrogen and oxygen atoms in total. The van der Waals surface area contributed by atoms with Crippen molar-refractivity contribution < 1.29 is 26.9 Å². The van der Waals surface area contributed by atoms with E-state index in [1.807, 2.05) is 0 Å². The Labute approximate surface area is 114 Å². The van der Waals surface area contributed by atoms with Gasteiger partial charge in [0.15, 0.2) is 0 Å². The number of ketones is 1. The molecule has 1 rings (SSSR count).